The van der Waals surface area contributed by atoms with Crippen molar-refractivity contribution in [3.05, 3.63) is 11.6 Å². The van der Waals surface area contributed by atoms with Gasteiger partial charge in [0, 0.05) is 6.42 Å². The molecule has 0 aromatic rings. The number of amides is 1. The first-order valence-electron chi connectivity index (χ1n) is 16.9. The molecule has 3 N–H and O–H groups in total. The monoisotopic (exact) mass is 589 g/mol. The van der Waals surface area contributed by atoms with Crippen LogP contribution in [0.25, 0.3) is 0 Å². The third kappa shape index (κ3) is 6.72. The Morgan fingerprint density at radius 3 is 2.48 bits per heavy atom. The number of allylic oxidation sites excluding steroid dienone is 1. The Morgan fingerprint density at radius 2 is 1.79 bits per heavy atom. The Hall–Kier alpha value is -1.60. The van der Waals surface area contributed by atoms with Gasteiger partial charge in [-0.1, -0.05) is 65.5 Å². The van der Waals surface area contributed by atoms with E-state index in [1.54, 1.807) is 0 Å². The van der Waals surface area contributed by atoms with Crippen LogP contribution < -0.4 is 5.32 Å². The first-order valence-corrected chi connectivity index (χ1v) is 16.9. The summed E-state index contributed by atoms with van der Waals surface area (Å²) < 4.78 is 10.9. The summed E-state index contributed by atoms with van der Waals surface area (Å²) in [4.78, 5) is 24.5. The van der Waals surface area contributed by atoms with Gasteiger partial charge in [-0.15, -0.1) is 0 Å². The molecule has 0 aromatic heterocycles. The summed E-state index contributed by atoms with van der Waals surface area (Å²) in [5, 5.41) is 21.3. The summed E-state index contributed by atoms with van der Waals surface area (Å²) in [5.74, 6) is 4.17. The fourth-order valence-corrected chi connectivity index (χ4v) is 9.60. The Balaban J connectivity index is 1.28. The number of carbonyl (C=O) groups excluding carboxylic acids is 2. The van der Waals surface area contributed by atoms with Gasteiger partial charge in [0.2, 0.25) is 0 Å². The fourth-order valence-electron chi connectivity index (χ4n) is 9.60. The van der Waals surface area contributed by atoms with Gasteiger partial charge in [0.1, 0.15) is 18.1 Å². The molecule has 7 heteroatoms. The first kappa shape index (κ1) is 33.3. The number of ether oxygens (including phenoxy) is 2. The van der Waals surface area contributed by atoms with Gasteiger partial charge in [0.05, 0.1) is 19.8 Å². The second kappa shape index (κ2) is 13.6. The van der Waals surface area contributed by atoms with Crippen molar-refractivity contribution in [1.82, 2.24) is 5.32 Å². The zero-order chi connectivity index (χ0) is 30.7. The van der Waals surface area contributed by atoms with E-state index >= 15 is 0 Å². The molecule has 0 saturated heterocycles. The van der Waals surface area contributed by atoms with Crippen LogP contribution in [0.3, 0.4) is 0 Å². The maximum atomic E-state index is 12.5. The van der Waals surface area contributed by atoms with Crippen LogP contribution in [0.2, 0.25) is 0 Å². The summed E-state index contributed by atoms with van der Waals surface area (Å²) in [6.45, 7) is 12.9. The average molecular weight is 590 g/mol. The lowest BCUT2D eigenvalue weighted by molar-refractivity contribution is -0.159. The SMILES string of the molecule is CC(C)CCC[C@H](C)[C@@H]1CC[C@@H]2[C@H]3CC=C4CC(OC(=O)NCCOC(=O)C(C)(CO)CO)CC[C@@]4(C)[C@@H]3CC[C@]21C. The molecular weight excluding hydrogens is 530 g/mol. The molecule has 4 rings (SSSR count). The molecule has 0 aromatic carbocycles. The topological polar surface area (TPSA) is 105 Å². The summed E-state index contributed by atoms with van der Waals surface area (Å²) in [5.41, 5.74) is 0.849. The van der Waals surface area contributed by atoms with E-state index in [-0.39, 0.29) is 24.7 Å². The minimum Gasteiger partial charge on any atom is -0.463 e. The van der Waals surface area contributed by atoms with Crippen molar-refractivity contribution in [3.63, 3.8) is 0 Å². The maximum absolute atomic E-state index is 12.5. The molecule has 3 saturated carbocycles. The average Bonchev–Trinajstić information content (AvgIpc) is 3.32. The minimum atomic E-state index is -1.34. The highest BCUT2D eigenvalue weighted by Crippen LogP contribution is 2.67. The van der Waals surface area contributed by atoms with Gasteiger partial charge in [-0.3, -0.25) is 4.79 Å². The normalized spacial score (nSPS) is 35.0. The molecule has 8 atom stereocenters. The van der Waals surface area contributed by atoms with Crippen molar-refractivity contribution < 1.29 is 29.3 Å². The summed E-state index contributed by atoms with van der Waals surface area (Å²) in [6, 6.07) is 0. The lowest BCUT2D eigenvalue weighted by atomic mass is 9.47. The van der Waals surface area contributed by atoms with Crippen LogP contribution in [0, 0.1) is 51.8 Å². The van der Waals surface area contributed by atoms with E-state index in [0.717, 1.165) is 54.8 Å². The predicted octanol–water partition coefficient (Wildman–Crippen LogP) is 6.66. The summed E-state index contributed by atoms with van der Waals surface area (Å²) >= 11 is 0. The van der Waals surface area contributed by atoms with Gasteiger partial charge in [0.25, 0.3) is 0 Å². The van der Waals surface area contributed by atoms with Crippen molar-refractivity contribution in [2.75, 3.05) is 26.4 Å². The van der Waals surface area contributed by atoms with E-state index in [2.05, 4.69) is 46.0 Å². The number of aliphatic hydroxyl groups excluding tert-OH is 2. The molecule has 0 bridgehead atoms. The molecule has 3 fully saturated rings. The molecule has 1 amide bonds. The van der Waals surface area contributed by atoms with Crippen molar-refractivity contribution in [2.24, 2.45) is 51.8 Å². The Labute approximate surface area is 254 Å². The van der Waals surface area contributed by atoms with Gasteiger partial charge in [-0.05, 0) is 98.2 Å². The lowest BCUT2D eigenvalue weighted by Crippen LogP contribution is -2.51. The van der Waals surface area contributed by atoms with Crippen LogP contribution in [-0.2, 0) is 14.3 Å². The van der Waals surface area contributed by atoms with E-state index < -0.39 is 30.7 Å². The van der Waals surface area contributed by atoms with Crippen LogP contribution in [0.5, 0.6) is 0 Å². The number of fused-ring (bicyclic) bond motifs is 5. The van der Waals surface area contributed by atoms with Gasteiger partial charge in [0.15, 0.2) is 0 Å². The minimum absolute atomic E-state index is 0.0435. The second-order valence-corrected chi connectivity index (χ2v) is 15.5. The molecule has 1 unspecified atom stereocenters. The van der Waals surface area contributed by atoms with Crippen LogP contribution in [-0.4, -0.2) is 54.7 Å². The van der Waals surface area contributed by atoms with E-state index in [4.69, 9.17) is 9.47 Å². The molecule has 7 nitrogen and oxygen atoms in total. The van der Waals surface area contributed by atoms with Crippen molar-refractivity contribution in [3.8, 4) is 0 Å². The number of carbonyl (C=O) groups is 2. The first-order chi connectivity index (χ1) is 19.9. The molecular formula is C35H59NO6. The van der Waals surface area contributed by atoms with Crippen molar-refractivity contribution in [1.29, 1.82) is 0 Å². The van der Waals surface area contributed by atoms with Crippen molar-refractivity contribution in [2.45, 2.75) is 118 Å². The van der Waals surface area contributed by atoms with Crippen LogP contribution in [0.4, 0.5) is 4.79 Å². The molecule has 0 spiro atoms. The smallest absolute Gasteiger partial charge is 0.407 e. The second-order valence-electron chi connectivity index (χ2n) is 15.5. The van der Waals surface area contributed by atoms with E-state index in [0.29, 0.717) is 5.41 Å². The standard InChI is InChI=1S/C35H59NO6/c1-23(2)8-7-9-24(3)28-12-13-29-27-11-10-25-20-26(14-16-34(25,5)30(27)15-17-35(28,29)6)42-32(40)36-18-19-41-31(39)33(4,21-37)22-38/h10,23-24,26-30,37-38H,7-9,11-22H2,1-6H3,(H,36,40)/t24-,26?,27+,28-,29+,30+,34+,35-/m0/s1. The number of rotatable bonds is 12. The molecule has 0 heterocycles. The number of nitrogens with one attached hydrogen (secondary N) is 1. The van der Waals surface area contributed by atoms with Gasteiger partial charge in [-0.2, -0.15) is 0 Å². The summed E-state index contributed by atoms with van der Waals surface area (Å²) in [7, 11) is 0. The third-order valence-electron chi connectivity index (χ3n) is 12.3. The predicted molar refractivity (Wildman–Crippen MR) is 165 cm³/mol. The molecule has 4 aliphatic rings. The zero-order valence-corrected chi connectivity index (χ0v) is 27.3. The fraction of sp³-hybridized carbons (Fsp3) is 0.886. The molecule has 4 aliphatic carbocycles. The van der Waals surface area contributed by atoms with Gasteiger partial charge in [-0.25, -0.2) is 4.79 Å². The number of aliphatic hydroxyl groups is 2. The lowest BCUT2D eigenvalue weighted by Gasteiger charge is -2.58. The highest BCUT2D eigenvalue weighted by molar-refractivity contribution is 5.76. The zero-order valence-electron chi connectivity index (χ0n) is 27.3. The Bertz CT molecular complexity index is 975. The Kier molecular flexibility index (Phi) is 10.8. The molecule has 0 aliphatic heterocycles. The Morgan fingerprint density at radius 1 is 1.05 bits per heavy atom. The highest BCUT2D eigenvalue weighted by atomic mass is 16.6. The quantitative estimate of drug-likeness (QED) is 0.134. The highest BCUT2D eigenvalue weighted by Gasteiger charge is 2.59. The third-order valence-corrected chi connectivity index (χ3v) is 12.3. The number of hydrogen-bond donors (Lipinski definition) is 3. The van der Waals surface area contributed by atoms with Gasteiger partial charge < -0.3 is 25.0 Å². The number of esters is 1. The van der Waals surface area contributed by atoms with E-state index in [1.165, 1.54) is 63.9 Å². The number of hydrogen-bond acceptors (Lipinski definition) is 6. The molecule has 240 valence electrons. The largest absolute Gasteiger partial charge is 0.463 e. The maximum Gasteiger partial charge on any atom is 0.407 e. The summed E-state index contributed by atoms with van der Waals surface area (Å²) in [6.07, 6.45) is 15.4. The number of alkyl carbamates (subject to hydrolysis) is 1. The van der Waals surface area contributed by atoms with Crippen LogP contribution in [0.1, 0.15) is 112 Å². The van der Waals surface area contributed by atoms with Crippen LogP contribution in [0.15, 0.2) is 11.6 Å². The van der Waals surface area contributed by atoms with Crippen LogP contribution >= 0.6 is 0 Å². The van der Waals surface area contributed by atoms with E-state index in [9.17, 15) is 19.8 Å². The van der Waals surface area contributed by atoms with E-state index in [1.807, 2.05) is 0 Å². The molecule has 0 radical (unpaired) electrons. The van der Waals surface area contributed by atoms with Crippen molar-refractivity contribution >= 4 is 12.1 Å². The molecule has 42 heavy (non-hydrogen) atoms. The van der Waals surface area contributed by atoms with Gasteiger partial charge >= 0.3 is 12.1 Å².